The van der Waals surface area contributed by atoms with Crippen molar-refractivity contribution in [3.63, 3.8) is 0 Å². The maximum Gasteiger partial charge on any atom is 0.322 e. The highest BCUT2D eigenvalue weighted by molar-refractivity contribution is 9.10. The molecule has 0 radical (unpaired) electrons. The van der Waals surface area contributed by atoms with Crippen molar-refractivity contribution in [2.24, 2.45) is 0 Å². The number of hydrogen-bond acceptors (Lipinski definition) is 3. The van der Waals surface area contributed by atoms with Crippen molar-refractivity contribution in [3.05, 3.63) is 40.0 Å². The molecule has 2 rings (SSSR count). The Morgan fingerprint density at radius 2 is 1.92 bits per heavy atom. The maximum absolute atomic E-state index is 12.3. The molecule has 0 fully saturated rings. The average molecular weight is 395 g/mol. The highest BCUT2D eigenvalue weighted by Gasteiger charge is 2.18. The molecule has 0 saturated carbocycles. The minimum atomic E-state index is -0.943. The molecule has 8 heteroatoms. The molecular formula is C16H19BrN4O3. The second kappa shape index (κ2) is 7.48. The van der Waals surface area contributed by atoms with Gasteiger partial charge in [-0.05, 0) is 38.1 Å². The number of nitrogens with one attached hydrogen (secondary N) is 1. The van der Waals surface area contributed by atoms with Crippen LogP contribution in [-0.4, -0.2) is 45.4 Å². The van der Waals surface area contributed by atoms with E-state index in [0.717, 1.165) is 21.4 Å². The Labute approximate surface area is 148 Å². The van der Waals surface area contributed by atoms with Gasteiger partial charge in [-0.1, -0.05) is 15.9 Å². The first-order chi connectivity index (χ1) is 11.3. The molecule has 7 nitrogen and oxygen atoms in total. The Balaban J connectivity index is 2.25. The lowest BCUT2D eigenvalue weighted by atomic mass is 10.2. The number of aryl methyl sites for hydroxylation is 1. The van der Waals surface area contributed by atoms with Gasteiger partial charge in [0.25, 0.3) is 0 Å². The third kappa shape index (κ3) is 4.14. The van der Waals surface area contributed by atoms with Gasteiger partial charge in [-0.3, -0.25) is 10.1 Å². The molecule has 0 aliphatic rings. The summed E-state index contributed by atoms with van der Waals surface area (Å²) < 4.78 is 2.62. The van der Waals surface area contributed by atoms with Crippen LogP contribution < -0.4 is 5.32 Å². The lowest BCUT2D eigenvalue weighted by Crippen LogP contribution is -2.33. The summed E-state index contributed by atoms with van der Waals surface area (Å²) in [5, 5.41) is 16.0. The van der Waals surface area contributed by atoms with Gasteiger partial charge in [0.15, 0.2) is 0 Å². The van der Waals surface area contributed by atoms with Gasteiger partial charge in [0, 0.05) is 23.6 Å². The number of urea groups is 1. The maximum atomic E-state index is 12.3. The molecule has 0 aliphatic carbocycles. The molecule has 1 aromatic heterocycles. The molecule has 2 N–H and O–H groups in total. The van der Waals surface area contributed by atoms with Gasteiger partial charge in [0.05, 0.1) is 17.8 Å². The molecule has 1 aromatic carbocycles. The van der Waals surface area contributed by atoms with Crippen LogP contribution in [0.3, 0.4) is 0 Å². The highest BCUT2D eigenvalue weighted by Crippen LogP contribution is 2.24. The Morgan fingerprint density at radius 1 is 1.29 bits per heavy atom. The van der Waals surface area contributed by atoms with Gasteiger partial charge < -0.3 is 10.0 Å². The monoisotopic (exact) mass is 394 g/mol. The minimum absolute atomic E-state index is 0.103. The first-order valence-corrected chi connectivity index (χ1v) is 8.15. The van der Waals surface area contributed by atoms with E-state index >= 15 is 0 Å². The van der Waals surface area contributed by atoms with Crippen molar-refractivity contribution in [1.82, 2.24) is 14.7 Å². The number of anilines is 1. The topological polar surface area (TPSA) is 87.5 Å². The van der Waals surface area contributed by atoms with Crippen LogP contribution in [0.25, 0.3) is 5.69 Å². The number of aromatic nitrogens is 2. The number of nitrogens with zero attached hydrogens (tertiary/aromatic N) is 3. The number of carboxylic acid groups (broad SMARTS) is 1. The van der Waals surface area contributed by atoms with E-state index in [9.17, 15) is 9.59 Å². The molecule has 2 amide bonds. The number of amides is 2. The Hall–Kier alpha value is -2.35. The zero-order valence-electron chi connectivity index (χ0n) is 13.7. The number of benzene rings is 1. The smallest absolute Gasteiger partial charge is 0.322 e. The third-order valence-electron chi connectivity index (χ3n) is 3.66. The summed E-state index contributed by atoms with van der Waals surface area (Å²) in [6, 6.07) is 7.19. The molecule has 0 aliphatic heterocycles. The Morgan fingerprint density at radius 3 is 2.50 bits per heavy atom. The van der Waals surface area contributed by atoms with E-state index in [1.807, 2.05) is 38.1 Å². The van der Waals surface area contributed by atoms with Crippen LogP contribution in [0.4, 0.5) is 10.6 Å². The van der Waals surface area contributed by atoms with Crippen LogP contribution in [0.2, 0.25) is 0 Å². The zero-order valence-corrected chi connectivity index (χ0v) is 15.3. The number of carboxylic acids is 1. The van der Waals surface area contributed by atoms with E-state index in [-0.39, 0.29) is 19.0 Å². The fourth-order valence-electron chi connectivity index (χ4n) is 2.08. The van der Waals surface area contributed by atoms with E-state index in [4.69, 9.17) is 5.11 Å². The number of rotatable bonds is 5. The second-order valence-electron chi connectivity index (χ2n) is 5.44. The van der Waals surface area contributed by atoms with E-state index in [0.29, 0.717) is 5.82 Å². The van der Waals surface area contributed by atoms with E-state index < -0.39 is 5.97 Å². The zero-order chi connectivity index (χ0) is 17.9. The van der Waals surface area contributed by atoms with E-state index in [1.54, 1.807) is 11.7 Å². The van der Waals surface area contributed by atoms with Gasteiger partial charge in [0.1, 0.15) is 5.82 Å². The molecule has 0 bridgehead atoms. The van der Waals surface area contributed by atoms with Crippen LogP contribution in [0.5, 0.6) is 0 Å². The molecule has 1 heterocycles. The SMILES string of the molecule is Cc1nn(-c2ccc(Br)cc2)c(NC(=O)N(C)CCC(=O)O)c1C. The first-order valence-electron chi connectivity index (χ1n) is 7.35. The lowest BCUT2D eigenvalue weighted by Gasteiger charge is -2.18. The molecular weight excluding hydrogens is 376 g/mol. The average Bonchev–Trinajstić information content (AvgIpc) is 2.81. The molecule has 2 aromatic rings. The molecule has 128 valence electrons. The summed E-state index contributed by atoms with van der Waals surface area (Å²) in [7, 11) is 1.56. The summed E-state index contributed by atoms with van der Waals surface area (Å²) in [5.74, 6) is -0.372. The van der Waals surface area contributed by atoms with E-state index in [1.165, 1.54) is 4.90 Å². The van der Waals surface area contributed by atoms with Gasteiger partial charge >= 0.3 is 12.0 Å². The van der Waals surface area contributed by atoms with Gasteiger partial charge in [-0.25, -0.2) is 9.48 Å². The Kier molecular flexibility index (Phi) is 5.61. The predicted octanol–water partition coefficient (Wildman–Crippen LogP) is 3.19. The van der Waals surface area contributed by atoms with Crippen molar-refractivity contribution < 1.29 is 14.7 Å². The van der Waals surface area contributed by atoms with Crippen molar-refractivity contribution in [1.29, 1.82) is 0 Å². The lowest BCUT2D eigenvalue weighted by molar-refractivity contribution is -0.137. The van der Waals surface area contributed by atoms with Crippen molar-refractivity contribution in [3.8, 4) is 5.69 Å². The van der Waals surface area contributed by atoms with Crippen molar-refractivity contribution in [2.75, 3.05) is 18.9 Å². The fourth-order valence-corrected chi connectivity index (χ4v) is 2.35. The fraction of sp³-hybridized carbons (Fsp3) is 0.312. The number of halogens is 1. The van der Waals surface area contributed by atoms with Crippen LogP contribution in [-0.2, 0) is 4.79 Å². The molecule has 0 spiro atoms. The predicted molar refractivity (Wildman–Crippen MR) is 94.6 cm³/mol. The van der Waals surface area contributed by atoms with Crippen LogP contribution in [0.15, 0.2) is 28.7 Å². The normalized spacial score (nSPS) is 10.5. The van der Waals surface area contributed by atoms with E-state index in [2.05, 4.69) is 26.3 Å². The molecule has 0 atom stereocenters. The highest BCUT2D eigenvalue weighted by atomic mass is 79.9. The Bertz CT molecular complexity index is 755. The number of carbonyl (C=O) groups excluding carboxylic acids is 1. The van der Waals surface area contributed by atoms with Crippen LogP contribution in [0, 0.1) is 13.8 Å². The number of carbonyl (C=O) groups is 2. The van der Waals surface area contributed by atoms with Crippen LogP contribution >= 0.6 is 15.9 Å². The number of aliphatic carboxylic acids is 1. The van der Waals surface area contributed by atoms with Crippen LogP contribution in [0.1, 0.15) is 17.7 Å². The minimum Gasteiger partial charge on any atom is -0.481 e. The molecule has 0 saturated heterocycles. The summed E-state index contributed by atoms with van der Waals surface area (Å²) in [5.41, 5.74) is 2.48. The summed E-state index contributed by atoms with van der Waals surface area (Å²) >= 11 is 3.39. The largest absolute Gasteiger partial charge is 0.481 e. The quantitative estimate of drug-likeness (QED) is 0.814. The first kappa shape index (κ1) is 18.0. The number of hydrogen-bond donors (Lipinski definition) is 2. The second-order valence-corrected chi connectivity index (χ2v) is 6.36. The third-order valence-corrected chi connectivity index (χ3v) is 4.19. The van der Waals surface area contributed by atoms with Crippen molar-refractivity contribution in [2.45, 2.75) is 20.3 Å². The summed E-state index contributed by atoms with van der Waals surface area (Å²) in [4.78, 5) is 24.3. The summed E-state index contributed by atoms with van der Waals surface area (Å²) in [6.07, 6.45) is -0.103. The summed E-state index contributed by atoms with van der Waals surface area (Å²) in [6.45, 7) is 3.88. The standard InChI is InChI=1S/C16H19BrN4O3/c1-10-11(2)19-21(13-6-4-12(17)5-7-13)15(10)18-16(24)20(3)9-8-14(22)23/h4-7H,8-9H2,1-3H3,(H,18,24)(H,22,23). The molecule has 24 heavy (non-hydrogen) atoms. The van der Waals surface area contributed by atoms with Gasteiger partial charge in [-0.15, -0.1) is 0 Å². The van der Waals surface area contributed by atoms with Crippen molar-refractivity contribution >= 4 is 33.7 Å². The van der Waals surface area contributed by atoms with Gasteiger partial charge in [-0.2, -0.15) is 5.10 Å². The van der Waals surface area contributed by atoms with Gasteiger partial charge in [0.2, 0.25) is 0 Å². The molecule has 0 unspecified atom stereocenters.